The second kappa shape index (κ2) is 6.48. The highest BCUT2D eigenvalue weighted by Gasteiger charge is 2.04. The van der Waals surface area contributed by atoms with E-state index in [2.05, 4.69) is 9.50 Å². The van der Waals surface area contributed by atoms with Crippen LogP contribution >= 0.6 is 0 Å². The highest BCUT2D eigenvalue weighted by Crippen LogP contribution is 1.98. The summed E-state index contributed by atoms with van der Waals surface area (Å²) in [5.74, 6) is -0.0371. The Hall–Kier alpha value is -1.24. The molecule has 0 aliphatic heterocycles. The summed E-state index contributed by atoms with van der Waals surface area (Å²) in [5, 5.41) is 2.82. The number of carbonyl (C=O) groups excluding carboxylic acids is 1. The molecule has 0 heterocycles. The number of benzene rings is 1. The van der Waals surface area contributed by atoms with Crippen molar-refractivity contribution in [3.63, 3.8) is 0 Å². The maximum Gasteiger partial charge on any atom is 0.264 e. The number of hydrogen-bond acceptors (Lipinski definition) is 5. The van der Waals surface area contributed by atoms with Crippen molar-refractivity contribution in [3.05, 3.63) is 35.9 Å². The molecule has 94 valence electrons. The van der Waals surface area contributed by atoms with Gasteiger partial charge in [0.2, 0.25) is 0 Å². The Bertz CT molecular complexity index is 456. The van der Waals surface area contributed by atoms with Crippen LogP contribution in [0.5, 0.6) is 0 Å². The summed E-state index contributed by atoms with van der Waals surface area (Å²) in [6, 6.07) is 8.89. The average Bonchev–Trinajstić information content (AvgIpc) is 2.28. The van der Waals surface area contributed by atoms with Crippen LogP contribution in [0.1, 0.15) is 10.4 Å². The van der Waals surface area contributed by atoms with E-state index in [4.69, 9.17) is 0 Å². The predicted molar refractivity (Wildman–Crippen MR) is 64.4 cm³/mol. The molecule has 1 rings (SSSR count). The summed E-state index contributed by atoms with van der Waals surface area (Å²) in [7, 11) is -3.40. The fourth-order valence-corrected chi connectivity index (χ4v) is 1.58. The van der Waals surface area contributed by atoms with Gasteiger partial charge in [-0.2, -0.15) is 8.42 Å². The molecule has 0 aliphatic rings. The predicted octanol–water partition coefficient (Wildman–Crippen LogP) is 0.435. The van der Waals surface area contributed by atoms with Gasteiger partial charge in [0.05, 0.1) is 19.4 Å². The van der Waals surface area contributed by atoms with Crippen molar-refractivity contribution in [2.75, 3.05) is 26.0 Å². The van der Waals surface area contributed by atoms with Gasteiger partial charge in [-0.1, -0.05) is 30.3 Å². The van der Waals surface area contributed by atoms with Crippen molar-refractivity contribution in [1.29, 1.82) is 0 Å². The first-order valence-electron chi connectivity index (χ1n) is 5.12. The van der Waals surface area contributed by atoms with E-state index in [0.717, 1.165) is 6.26 Å². The van der Waals surface area contributed by atoms with Crippen LogP contribution in [-0.2, 0) is 14.3 Å². The summed E-state index contributed by atoms with van der Waals surface area (Å²) in [5.41, 5.74) is 0.629. The lowest BCUT2D eigenvalue weighted by Gasteiger charge is -2.04. The molecule has 0 aromatic heterocycles. The Kier molecular flexibility index (Phi) is 5.27. The van der Waals surface area contributed by atoms with Gasteiger partial charge in [0.25, 0.3) is 10.1 Å². The zero-order valence-electron chi connectivity index (χ0n) is 9.55. The number of Topliss-reactive ketones (excluding diaryl/α,β-unsaturated/α-hetero) is 1. The van der Waals surface area contributed by atoms with Gasteiger partial charge in [-0.05, 0) is 0 Å². The monoisotopic (exact) mass is 257 g/mol. The van der Waals surface area contributed by atoms with E-state index in [9.17, 15) is 13.2 Å². The van der Waals surface area contributed by atoms with Gasteiger partial charge in [-0.3, -0.25) is 8.98 Å². The van der Waals surface area contributed by atoms with Crippen LogP contribution in [-0.4, -0.2) is 40.2 Å². The summed E-state index contributed by atoms with van der Waals surface area (Å²) in [4.78, 5) is 11.6. The van der Waals surface area contributed by atoms with Gasteiger partial charge in [-0.25, -0.2) is 0 Å². The number of ketones is 1. The first-order valence-corrected chi connectivity index (χ1v) is 6.94. The molecule has 0 amide bonds. The molecule has 1 N–H and O–H groups in total. The van der Waals surface area contributed by atoms with Crippen LogP contribution < -0.4 is 5.32 Å². The second-order valence-electron chi connectivity index (χ2n) is 3.49. The molecule has 0 unspecified atom stereocenters. The molecule has 0 spiro atoms. The lowest BCUT2D eigenvalue weighted by Crippen LogP contribution is -2.27. The third-order valence-corrected chi connectivity index (χ3v) is 2.55. The van der Waals surface area contributed by atoms with Crippen molar-refractivity contribution in [3.8, 4) is 0 Å². The molecule has 17 heavy (non-hydrogen) atoms. The standard InChI is InChI=1S/C11H15NO4S/c1-17(14,15)16-8-7-12-9-11(13)10-5-3-2-4-6-10/h2-6,12H,7-9H2,1H3. The molecule has 0 radical (unpaired) electrons. The summed E-state index contributed by atoms with van der Waals surface area (Å²) < 4.78 is 25.8. The van der Waals surface area contributed by atoms with Crippen molar-refractivity contribution in [1.82, 2.24) is 5.32 Å². The summed E-state index contributed by atoms with van der Waals surface area (Å²) >= 11 is 0. The van der Waals surface area contributed by atoms with Crippen molar-refractivity contribution in [2.45, 2.75) is 0 Å². The topological polar surface area (TPSA) is 72.5 Å². The Labute approximate surface area is 101 Å². The van der Waals surface area contributed by atoms with Gasteiger partial charge >= 0.3 is 0 Å². The molecule has 0 fully saturated rings. The fourth-order valence-electron chi connectivity index (χ4n) is 1.19. The smallest absolute Gasteiger partial charge is 0.264 e. The molecule has 0 saturated heterocycles. The molecular weight excluding hydrogens is 242 g/mol. The van der Waals surface area contributed by atoms with Crippen molar-refractivity contribution >= 4 is 15.9 Å². The second-order valence-corrected chi connectivity index (χ2v) is 5.14. The number of nitrogens with one attached hydrogen (secondary N) is 1. The number of rotatable bonds is 7. The first kappa shape index (κ1) is 13.8. The van der Waals surface area contributed by atoms with Crippen LogP contribution in [0.3, 0.4) is 0 Å². The maximum atomic E-state index is 11.6. The molecule has 1 aromatic rings. The van der Waals surface area contributed by atoms with Gasteiger partial charge in [-0.15, -0.1) is 0 Å². The van der Waals surface area contributed by atoms with E-state index in [1.165, 1.54) is 0 Å². The number of hydrogen-bond donors (Lipinski definition) is 1. The van der Waals surface area contributed by atoms with E-state index in [-0.39, 0.29) is 18.9 Å². The Morgan fingerprint density at radius 1 is 1.29 bits per heavy atom. The van der Waals surface area contributed by atoms with E-state index in [1.807, 2.05) is 6.07 Å². The van der Waals surface area contributed by atoms with Gasteiger partial charge in [0, 0.05) is 12.1 Å². The largest absolute Gasteiger partial charge is 0.307 e. The minimum Gasteiger partial charge on any atom is -0.307 e. The van der Waals surface area contributed by atoms with Crippen LogP contribution in [0.4, 0.5) is 0 Å². The third-order valence-electron chi connectivity index (χ3n) is 1.96. The van der Waals surface area contributed by atoms with Crippen LogP contribution in [0.15, 0.2) is 30.3 Å². The van der Waals surface area contributed by atoms with E-state index >= 15 is 0 Å². The molecule has 1 aromatic carbocycles. The Morgan fingerprint density at radius 3 is 2.53 bits per heavy atom. The van der Waals surface area contributed by atoms with E-state index in [0.29, 0.717) is 12.1 Å². The molecule has 5 nitrogen and oxygen atoms in total. The number of carbonyl (C=O) groups is 1. The highest BCUT2D eigenvalue weighted by molar-refractivity contribution is 7.85. The average molecular weight is 257 g/mol. The van der Waals surface area contributed by atoms with Gasteiger partial charge in [0.1, 0.15) is 0 Å². The fraction of sp³-hybridized carbons (Fsp3) is 0.364. The highest BCUT2D eigenvalue weighted by atomic mass is 32.2. The van der Waals surface area contributed by atoms with E-state index < -0.39 is 10.1 Å². The third kappa shape index (κ3) is 6.15. The quantitative estimate of drug-likeness (QED) is 0.436. The zero-order chi connectivity index (χ0) is 12.7. The van der Waals surface area contributed by atoms with Crippen LogP contribution in [0.2, 0.25) is 0 Å². The molecule has 0 bridgehead atoms. The van der Waals surface area contributed by atoms with Gasteiger partial charge < -0.3 is 5.32 Å². The molecule has 0 aliphatic carbocycles. The summed E-state index contributed by atoms with van der Waals surface area (Å²) in [6.45, 7) is 0.504. The van der Waals surface area contributed by atoms with Crippen molar-refractivity contribution < 1.29 is 17.4 Å². The first-order chi connectivity index (χ1) is 7.99. The molecule has 0 atom stereocenters. The minimum atomic E-state index is -3.40. The Morgan fingerprint density at radius 2 is 1.94 bits per heavy atom. The lowest BCUT2D eigenvalue weighted by molar-refractivity contribution is 0.0990. The van der Waals surface area contributed by atoms with Crippen LogP contribution in [0.25, 0.3) is 0 Å². The molecular formula is C11H15NO4S. The van der Waals surface area contributed by atoms with Gasteiger partial charge in [0.15, 0.2) is 5.78 Å². The Balaban J connectivity index is 2.22. The molecule has 6 heteroatoms. The van der Waals surface area contributed by atoms with Crippen LogP contribution in [0, 0.1) is 0 Å². The minimum absolute atomic E-state index is 0.0287. The zero-order valence-corrected chi connectivity index (χ0v) is 10.4. The molecule has 0 saturated carbocycles. The SMILES string of the molecule is CS(=O)(=O)OCCNCC(=O)c1ccccc1. The van der Waals surface area contributed by atoms with Crippen molar-refractivity contribution in [2.24, 2.45) is 0 Å². The lowest BCUT2D eigenvalue weighted by atomic mass is 10.1. The van der Waals surface area contributed by atoms with E-state index in [1.54, 1.807) is 24.3 Å². The normalized spacial score (nSPS) is 11.4. The summed E-state index contributed by atoms with van der Waals surface area (Å²) in [6.07, 6.45) is 0.988. The maximum absolute atomic E-state index is 11.6.